The minimum Gasteiger partial charge on any atom is -0.480 e. The third-order valence-electron chi connectivity index (χ3n) is 2.66. The molecule has 7 nitrogen and oxygen atoms in total. The van der Waals surface area contributed by atoms with Crippen molar-refractivity contribution in [2.75, 3.05) is 12.4 Å². The van der Waals surface area contributed by atoms with Crippen LogP contribution in [0.1, 0.15) is 17.3 Å². The predicted molar refractivity (Wildman–Crippen MR) is 68.8 cm³/mol. The van der Waals surface area contributed by atoms with Gasteiger partial charge in [-0.05, 0) is 31.2 Å². The van der Waals surface area contributed by atoms with Crippen LogP contribution < -0.4 is 11.1 Å². The number of amides is 3. The zero-order chi connectivity index (χ0) is 14.6. The molecule has 0 saturated carbocycles. The molecule has 3 amide bonds. The molecule has 1 atom stereocenters. The molecule has 19 heavy (non-hydrogen) atoms. The average Bonchev–Trinajstić information content (AvgIpc) is 2.36. The lowest BCUT2D eigenvalue weighted by Gasteiger charge is -2.21. The summed E-state index contributed by atoms with van der Waals surface area (Å²) in [6.45, 7) is 1.42. The van der Waals surface area contributed by atoms with Crippen LogP contribution in [0.25, 0.3) is 0 Å². The number of hydrogen-bond acceptors (Lipinski definition) is 3. The Morgan fingerprint density at radius 1 is 1.26 bits per heavy atom. The van der Waals surface area contributed by atoms with Crippen molar-refractivity contribution in [3.8, 4) is 0 Å². The molecule has 4 N–H and O–H groups in total. The summed E-state index contributed by atoms with van der Waals surface area (Å²) in [6.07, 6.45) is 0. The Morgan fingerprint density at radius 2 is 1.79 bits per heavy atom. The monoisotopic (exact) mass is 265 g/mol. The van der Waals surface area contributed by atoms with E-state index in [1.54, 1.807) is 0 Å². The van der Waals surface area contributed by atoms with Gasteiger partial charge in [-0.15, -0.1) is 0 Å². The summed E-state index contributed by atoms with van der Waals surface area (Å²) >= 11 is 0. The number of aliphatic carboxylic acids is 1. The number of nitrogens with one attached hydrogen (secondary N) is 1. The minimum atomic E-state index is -1.08. The fourth-order valence-electron chi connectivity index (χ4n) is 1.38. The van der Waals surface area contributed by atoms with E-state index in [-0.39, 0.29) is 0 Å². The average molecular weight is 265 g/mol. The van der Waals surface area contributed by atoms with Crippen LogP contribution in [0.2, 0.25) is 0 Å². The Kier molecular flexibility index (Phi) is 4.46. The molecule has 0 fully saturated rings. The van der Waals surface area contributed by atoms with Gasteiger partial charge in [-0.2, -0.15) is 0 Å². The molecule has 0 bridgehead atoms. The van der Waals surface area contributed by atoms with Crippen molar-refractivity contribution in [1.82, 2.24) is 4.90 Å². The van der Waals surface area contributed by atoms with Gasteiger partial charge in [0.2, 0.25) is 0 Å². The molecule has 1 aromatic carbocycles. The molecule has 0 radical (unpaired) electrons. The number of likely N-dealkylation sites (N-methyl/N-ethyl adjacent to an activating group) is 1. The fraction of sp³-hybridized carbons (Fsp3) is 0.250. The number of carboxylic acid groups (broad SMARTS) is 1. The van der Waals surface area contributed by atoms with E-state index in [2.05, 4.69) is 5.32 Å². The lowest BCUT2D eigenvalue weighted by molar-refractivity contribution is -0.141. The molecule has 0 aliphatic heterocycles. The van der Waals surface area contributed by atoms with Gasteiger partial charge in [-0.3, -0.25) is 4.79 Å². The number of rotatable bonds is 4. The van der Waals surface area contributed by atoms with Gasteiger partial charge in [0, 0.05) is 18.3 Å². The summed E-state index contributed by atoms with van der Waals surface area (Å²) in [4.78, 5) is 34.5. The van der Waals surface area contributed by atoms with Gasteiger partial charge in [-0.25, -0.2) is 9.59 Å². The molecule has 0 saturated heterocycles. The van der Waals surface area contributed by atoms with Crippen LogP contribution in [0.15, 0.2) is 24.3 Å². The highest BCUT2D eigenvalue weighted by molar-refractivity contribution is 5.97. The maximum Gasteiger partial charge on any atom is 0.326 e. The van der Waals surface area contributed by atoms with E-state index in [0.29, 0.717) is 11.3 Å². The van der Waals surface area contributed by atoms with Crippen molar-refractivity contribution in [3.63, 3.8) is 0 Å². The normalized spacial score (nSPS) is 11.5. The Hall–Kier alpha value is -2.57. The number of nitrogens with two attached hydrogens (primary N) is 1. The number of primary amides is 1. The van der Waals surface area contributed by atoms with E-state index >= 15 is 0 Å². The van der Waals surface area contributed by atoms with Crippen LogP contribution in [0.4, 0.5) is 10.5 Å². The van der Waals surface area contributed by atoms with Crippen LogP contribution in [-0.4, -0.2) is 41.0 Å². The number of carbonyl (C=O) groups excluding carboxylic acids is 2. The Labute approximate surface area is 110 Å². The predicted octanol–water partition coefficient (Wildman–Crippen LogP) is 0.722. The summed E-state index contributed by atoms with van der Waals surface area (Å²) in [5.41, 5.74) is 5.73. The first kappa shape index (κ1) is 14.5. The first-order valence-corrected chi connectivity index (χ1v) is 5.49. The second-order valence-electron chi connectivity index (χ2n) is 4.00. The quantitative estimate of drug-likeness (QED) is 0.744. The van der Waals surface area contributed by atoms with E-state index < -0.39 is 23.9 Å². The SMILES string of the molecule is CC(C(=O)O)N(C)C(=O)c1ccc(NC(N)=O)cc1. The van der Waals surface area contributed by atoms with E-state index in [9.17, 15) is 14.4 Å². The zero-order valence-electron chi connectivity index (χ0n) is 10.6. The standard InChI is InChI=1S/C12H15N3O4/c1-7(11(17)18)15(2)10(16)8-3-5-9(6-4-8)14-12(13)19/h3-7H,1-2H3,(H,17,18)(H3,13,14,19). The summed E-state index contributed by atoms with van der Waals surface area (Å²) in [7, 11) is 1.41. The molecule has 0 aliphatic rings. The molecule has 1 unspecified atom stereocenters. The van der Waals surface area contributed by atoms with E-state index in [1.165, 1.54) is 38.2 Å². The minimum absolute atomic E-state index is 0.325. The largest absolute Gasteiger partial charge is 0.480 e. The van der Waals surface area contributed by atoms with Crippen LogP contribution in [0.3, 0.4) is 0 Å². The van der Waals surface area contributed by atoms with Crippen LogP contribution >= 0.6 is 0 Å². The molecule has 0 aliphatic carbocycles. The van der Waals surface area contributed by atoms with Gasteiger partial charge in [0.15, 0.2) is 0 Å². The molecular weight excluding hydrogens is 250 g/mol. The van der Waals surface area contributed by atoms with Crippen molar-refractivity contribution < 1.29 is 19.5 Å². The third-order valence-corrected chi connectivity index (χ3v) is 2.66. The molecule has 1 aromatic rings. The Balaban J connectivity index is 2.83. The number of nitrogens with zero attached hydrogens (tertiary/aromatic N) is 1. The van der Waals surface area contributed by atoms with Crippen molar-refractivity contribution >= 4 is 23.6 Å². The van der Waals surface area contributed by atoms with E-state index in [4.69, 9.17) is 10.8 Å². The van der Waals surface area contributed by atoms with Gasteiger partial charge in [0.05, 0.1) is 0 Å². The van der Waals surface area contributed by atoms with Crippen LogP contribution in [0, 0.1) is 0 Å². The van der Waals surface area contributed by atoms with Crippen LogP contribution in [-0.2, 0) is 4.79 Å². The molecular formula is C12H15N3O4. The molecule has 1 rings (SSSR count). The van der Waals surface area contributed by atoms with Crippen molar-refractivity contribution in [3.05, 3.63) is 29.8 Å². The first-order valence-electron chi connectivity index (χ1n) is 5.49. The van der Waals surface area contributed by atoms with Gasteiger partial charge >= 0.3 is 12.0 Å². The topological polar surface area (TPSA) is 113 Å². The highest BCUT2D eigenvalue weighted by Gasteiger charge is 2.22. The van der Waals surface area contributed by atoms with Crippen molar-refractivity contribution in [2.24, 2.45) is 5.73 Å². The summed E-state index contributed by atoms with van der Waals surface area (Å²) < 4.78 is 0. The van der Waals surface area contributed by atoms with Gasteiger partial charge in [0.1, 0.15) is 6.04 Å². The maximum atomic E-state index is 12.0. The van der Waals surface area contributed by atoms with Gasteiger partial charge < -0.3 is 21.1 Å². The van der Waals surface area contributed by atoms with E-state index in [0.717, 1.165) is 4.90 Å². The van der Waals surface area contributed by atoms with Crippen molar-refractivity contribution in [2.45, 2.75) is 13.0 Å². The Bertz CT molecular complexity index is 498. The summed E-state index contributed by atoms with van der Waals surface area (Å²) in [5.74, 6) is -1.50. The molecule has 0 spiro atoms. The molecule has 102 valence electrons. The number of carboxylic acids is 1. The second kappa shape index (κ2) is 5.85. The van der Waals surface area contributed by atoms with Gasteiger partial charge in [0.25, 0.3) is 5.91 Å². The fourth-order valence-corrected chi connectivity index (χ4v) is 1.38. The number of carbonyl (C=O) groups is 3. The first-order chi connectivity index (χ1) is 8.82. The Morgan fingerprint density at radius 3 is 2.21 bits per heavy atom. The number of hydrogen-bond donors (Lipinski definition) is 3. The molecule has 0 heterocycles. The highest BCUT2D eigenvalue weighted by atomic mass is 16.4. The van der Waals surface area contributed by atoms with Crippen LogP contribution in [0.5, 0.6) is 0 Å². The number of anilines is 1. The van der Waals surface area contributed by atoms with Crippen molar-refractivity contribution in [1.29, 1.82) is 0 Å². The summed E-state index contributed by atoms with van der Waals surface area (Å²) in [5, 5.41) is 11.2. The highest BCUT2D eigenvalue weighted by Crippen LogP contribution is 2.12. The second-order valence-corrected chi connectivity index (χ2v) is 4.00. The number of benzene rings is 1. The zero-order valence-corrected chi connectivity index (χ0v) is 10.6. The number of urea groups is 1. The van der Waals surface area contributed by atoms with Gasteiger partial charge in [-0.1, -0.05) is 0 Å². The maximum absolute atomic E-state index is 12.0. The third kappa shape index (κ3) is 3.70. The lowest BCUT2D eigenvalue weighted by Crippen LogP contribution is -2.40. The molecule has 7 heteroatoms. The molecule has 0 aromatic heterocycles. The lowest BCUT2D eigenvalue weighted by atomic mass is 10.1. The summed E-state index contributed by atoms with van der Waals surface area (Å²) in [6, 6.07) is 4.37. The van der Waals surface area contributed by atoms with E-state index in [1.807, 2.05) is 0 Å². The smallest absolute Gasteiger partial charge is 0.326 e.